The topological polar surface area (TPSA) is 145 Å². The summed E-state index contributed by atoms with van der Waals surface area (Å²) in [7, 11) is 0. The molecule has 9 nitrogen and oxygen atoms in total. The van der Waals surface area contributed by atoms with E-state index in [-0.39, 0.29) is 28.2 Å². The Labute approximate surface area is 207 Å². The van der Waals surface area contributed by atoms with E-state index in [1.807, 2.05) is 32.0 Å². The maximum absolute atomic E-state index is 14.0. The van der Waals surface area contributed by atoms with E-state index >= 15 is 0 Å². The standard InChI is InChI=1S/C25H29N5O4S/c1-13-10-14(2)12-17(11-13)30(25(33)22-19(26)20(23(27)31)29-35-22)21(18-9-8-15(3)34-18)24(32)28-16-6-4-5-7-16/h8-12,16,21H,4-7,26H2,1-3H3,(H2,27,31)(H,28,32). The quantitative estimate of drug-likeness (QED) is 0.455. The first-order chi connectivity index (χ1) is 16.7. The molecule has 0 spiro atoms. The van der Waals surface area contributed by atoms with E-state index in [4.69, 9.17) is 15.9 Å². The number of carbonyl (C=O) groups excluding carboxylic acids is 3. The molecule has 0 aliphatic heterocycles. The van der Waals surface area contributed by atoms with Crippen molar-refractivity contribution in [1.82, 2.24) is 9.69 Å². The second kappa shape index (κ2) is 9.91. The lowest BCUT2D eigenvalue weighted by Crippen LogP contribution is -2.46. The molecular formula is C25H29N5O4S. The number of furan rings is 1. The van der Waals surface area contributed by atoms with Crippen LogP contribution in [0.5, 0.6) is 0 Å². The number of amides is 3. The summed E-state index contributed by atoms with van der Waals surface area (Å²) in [5, 5.41) is 3.10. The molecule has 10 heteroatoms. The number of nitrogens with zero attached hydrogens (tertiary/aromatic N) is 2. The van der Waals surface area contributed by atoms with Crippen molar-refractivity contribution in [1.29, 1.82) is 0 Å². The van der Waals surface area contributed by atoms with Crippen molar-refractivity contribution in [3.63, 3.8) is 0 Å². The minimum absolute atomic E-state index is 0.0277. The summed E-state index contributed by atoms with van der Waals surface area (Å²) < 4.78 is 9.86. The third-order valence-corrected chi connectivity index (χ3v) is 6.95. The number of hydrogen-bond acceptors (Lipinski definition) is 7. The molecule has 3 amide bonds. The van der Waals surface area contributed by atoms with Gasteiger partial charge in [0.05, 0.1) is 5.69 Å². The molecule has 1 fully saturated rings. The molecule has 3 aromatic rings. The number of rotatable bonds is 7. The monoisotopic (exact) mass is 495 g/mol. The van der Waals surface area contributed by atoms with Gasteiger partial charge in [0.15, 0.2) is 11.7 Å². The fourth-order valence-electron chi connectivity index (χ4n) is 4.54. The van der Waals surface area contributed by atoms with Crippen molar-refractivity contribution in [2.24, 2.45) is 5.73 Å². The lowest BCUT2D eigenvalue weighted by atomic mass is 10.1. The molecule has 1 saturated carbocycles. The lowest BCUT2D eigenvalue weighted by Gasteiger charge is -2.31. The third kappa shape index (κ3) is 5.07. The van der Waals surface area contributed by atoms with Crippen LogP contribution in [0.1, 0.15) is 74.5 Å². The predicted molar refractivity (Wildman–Crippen MR) is 134 cm³/mol. The third-order valence-electron chi connectivity index (χ3n) is 6.10. The normalized spacial score (nSPS) is 14.6. The zero-order valence-electron chi connectivity index (χ0n) is 20.0. The first-order valence-electron chi connectivity index (χ1n) is 11.5. The van der Waals surface area contributed by atoms with E-state index in [9.17, 15) is 14.4 Å². The Hall–Kier alpha value is -3.66. The number of nitrogen functional groups attached to an aromatic ring is 1. The highest BCUT2D eigenvalue weighted by molar-refractivity contribution is 7.09. The zero-order chi connectivity index (χ0) is 25.3. The number of hydrogen-bond donors (Lipinski definition) is 3. The van der Waals surface area contributed by atoms with Gasteiger partial charge in [-0.15, -0.1) is 0 Å². The summed E-state index contributed by atoms with van der Waals surface area (Å²) in [4.78, 5) is 40.9. The van der Waals surface area contributed by atoms with Gasteiger partial charge in [0.1, 0.15) is 16.4 Å². The Morgan fingerprint density at radius 3 is 2.31 bits per heavy atom. The fourth-order valence-corrected chi connectivity index (χ4v) is 5.28. The molecule has 184 valence electrons. The molecular weight excluding hydrogens is 466 g/mol. The van der Waals surface area contributed by atoms with Crippen molar-refractivity contribution in [2.45, 2.75) is 58.5 Å². The highest BCUT2D eigenvalue weighted by atomic mass is 32.1. The highest BCUT2D eigenvalue weighted by Gasteiger charge is 2.38. The molecule has 1 atom stereocenters. The van der Waals surface area contributed by atoms with Crippen LogP contribution in [-0.2, 0) is 4.79 Å². The molecule has 2 aromatic heterocycles. The van der Waals surface area contributed by atoms with E-state index in [0.717, 1.165) is 48.3 Å². The van der Waals surface area contributed by atoms with Gasteiger partial charge in [0.2, 0.25) is 0 Å². The van der Waals surface area contributed by atoms with E-state index < -0.39 is 17.9 Å². The average Bonchev–Trinajstić information content (AvgIpc) is 3.52. The summed E-state index contributed by atoms with van der Waals surface area (Å²) in [6.07, 6.45) is 3.86. The summed E-state index contributed by atoms with van der Waals surface area (Å²) >= 11 is 0.777. The minimum Gasteiger partial charge on any atom is -0.464 e. The van der Waals surface area contributed by atoms with Gasteiger partial charge in [-0.2, -0.15) is 4.37 Å². The van der Waals surface area contributed by atoms with Crippen molar-refractivity contribution < 1.29 is 18.8 Å². The molecule has 1 aliphatic carbocycles. The van der Waals surface area contributed by atoms with Crippen LogP contribution < -0.4 is 21.7 Å². The summed E-state index contributed by atoms with van der Waals surface area (Å²) in [6.45, 7) is 5.60. The fraction of sp³-hybridized carbons (Fsp3) is 0.360. The van der Waals surface area contributed by atoms with Crippen LogP contribution in [0.15, 0.2) is 34.7 Å². The number of aromatic nitrogens is 1. The Morgan fingerprint density at radius 2 is 1.77 bits per heavy atom. The van der Waals surface area contributed by atoms with Gasteiger partial charge in [0, 0.05) is 11.7 Å². The molecule has 2 heterocycles. The summed E-state index contributed by atoms with van der Waals surface area (Å²) in [5.41, 5.74) is 13.5. The molecule has 4 rings (SSSR count). The number of anilines is 2. The number of nitrogens with two attached hydrogens (primary N) is 2. The molecule has 5 N–H and O–H groups in total. The van der Waals surface area contributed by atoms with Crippen molar-refractivity contribution >= 4 is 40.6 Å². The molecule has 0 radical (unpaired) electrons. The molecule has 1 aromatic carbocycles. The second-order valence-electron chi connectivity index (χ2n) is 9.00. The van der Waals surface area contributed by atoms with Crippen LogP contribution in [0.3, 0.4) is 0 Å². The van der Waals surface area contributed by atoms with Crippen molar-refractivity contribution in [3.8, 4) is 0 Å². The van der Waals surface area contributed by atoms with Gasteiger partial charge >= 0.3 is 0 Å². The maximum Gasteiger partial charge on any atom is 0.273 e. The van der Waals surface area contributed by atoms with Gasteiger partial charge in [-0.05, 0) is 80.5 Å². The minimum atomic E-state index is -1.10. The first-order valence-corrected chi connectivity index (χ1v) is 12.3. The number of aryl methyl sites for hydroxylation is 3. The van der Waals surface area contributed by atoms with Gasteiger partial charge < -0.3 is 21.2 Å². The van der Waals surface area contributed by atoms with E-state index in [1.54, 1.807) is 19.1 Å². The maximum atomic E-state index is 14.0. The summed E-state index contributed by atoms with van der Waals surface area (Å²) in [5.74, 6) is -0.813. The van der Waals surface area contributed by atoms with Crippen molar-refractivity contribution in [2.75, 3.05) is 10.6 Å². The molecule has 0 saturated heterocycles. The van der Waals surface area contributed by atoms with Crippen molar-refractivity contribution in [3.05, 3.63) is 63.6 Å². The summed E-state index contributed by atoms with van der Waals surface area (Å²) in [6, 6.07) is 8.00. The van der Waals surface area contributed by atoms with Gasteiger partial charge in [-0.3, -0.25) is 19.3 Å². The number of primary amides is 1. The Morgan fingerprint density at radius 1 is 1.11 bits per heavy atom. The number of nitrogens with one attached hydrogen (secondary N) is 1. The Bertz CT molecular complexity index is 1250. The Balaban J connectivity index is 1.86. The van der Waals surface area contributed by atoms with Crippen LogP contribution in [0.2, 0.25) is 0 Å². The van der Waals surface area contributed by atoms with Gasteiger partial charge in [-0.1, -0.05) is 18.9 Å². The highest BCUT2D eigenvalue weighted by Crippen LogP contribution is 2.35. The molecule has 1 unspecified atom stereocenters. The first kappa shape index (κ1) is 24.5. The molecule has 35 heavy (non-hydrogen) atoms. The largest absolute Gasteiger partial charge is 0.464 e. The smallest absolute Gasteiger partial charge is 0.273 e. The second-order valence-corrected chi connectivity index (χ2v) is 9.77. The number of carbonyl (C=O) groups is 3. The zero-order valence-corrected chi connectivity index (χ0v) is 20.8. The van der Waals surface area contributed by atoms with Crippen LogP contribution in [0.25, 0.3) is 0 Å². The van der Waals surface area contributed by atoms with Gasteiger partial charge in [0.25, 0.3) is 17.7 Å². The number of benzene rings is 1. The van der Waals surface area contributed by atoms with Crippen LogP contribution >= 0.6 is 11.5 Å². The lowest BCUT2D eigenvalue weighted by molar-refractivity contribution is -0.123. The van der Waals surface area contributed by atoms with E-state index in [0.29, 0.717) is 17.2 Å². The van der Waals surface area contributed by atoms with Crippen LogP contribution in [-0.4, -0.2) is 28.1 Å². The van der Waals surface area contributed by atoms with Crippen LogP contribution in [0, 0.1) is 20.8 Å². The van der Waals surface area contributed by atoms with Crippen LogP contribution in [0.4, 0.5) is 11.4 Å². The van der Waals surface area contributed by atoms with E-state index in [2.05, 4.69) is 9.69 Å². The van der Waals surface area contributed by atoms with Gasteiger partial charge in [-0.25, -0.2) is 0 Å². The van der Waals surface area contributed by atoms with E-state index in [1.165, 1.54) is 4.90 Å². The molecule has 0 bridgehead atoms. The SMILES string of the molecule is Cc1cc(C)cc(N(C(=O)c2snc(C(N)=O)c2N)C(C(=O)NC2CCCC2)c2ccc(C)o2)c1. The average molecular weight is 496 g/mol. The predicted octanol–water partition coefficient (Wildman–Crippen LogP) is 3.79. The molecule has 1 aliphatic rings. The Kier molecular flexibility index (Phi) is 6.93.